The van der Waals surface area contributed by atoms with Crippen LogP contribution in [-0.4, -0.2) is 28.5 Å². The molecule has 1 heterocycles. The number of carbonyl (C=O) groups excluding carboxylic acids is 1. The third kappa shape index (κ3) is 2.76. The molecule has 0 spiro atoms. The Kier molecular flexibility index (Phi) is 4.11. The zero-order valence-electron chi connectivity index (χ0n) is 12.4. The van der Waals surface area contributed by atoms with Crippen LogP contribution in [0, 0.1) is 10.1 Å². The van der Waals surface area contributed by atoms with Gasteiger partial charge in [-0.2, -0.15) is 0 Å². The minimum Gasteiger partial charge on any atom is -0.373 e. The second-order valence-corrected chi connectivity index (χ2v) is 4.89. The molecule has 1 atom stereocenters. The van der Waals surface area contributed by atoms with Crippen LogP contribution in [0.3, 0.4) is 0 Å². The largest absolute Gasteiger partial charge is 0.373 e. The number of nitrogens with one attached hydrogen (secondary N) is 2. The maximum Gasteiger partial charge on any atom is 0.270 e. The quantitative estimate of drug-likeness (QED) is 0.647. The number of carbonyl (C=O) groups is 1. The normalized spacial score (nSPS) is 12.0. The molecule has 0 unspecified atom stereocenters. The van der Waals surface area contributed by atoms with Gasteiger partial charge < -0.3 is 15.2 Å². The molecule has 1 aromatic heterocycles. The molecule has 2 rings (SSSR count). The van der Waals surface area contributed by atoms with E-state index in [1.807, 2.05) is 0 Å². The first-order chi connectivity index (χ1) is 10.3. The average Bonchev–Trinajstić information content (AvgIpc) is 2.50. The summed E-state index contributed by atoms with van der Waals surface area (Å²) in [5, 5.41) is 16.9. The van der Waals surface area contributed by atoms with Crippen LogP contribution in [-0.2, 0) is 11.8 Å². The number of fused-ring (bicyclic) bond motifs is 1. The van der Waals surface area contributed by atoms with Crippen molar-refractivity contribution in [2.24, 2.45) is 7.05 Å². The number of benzene rings is 1. The molecule has 0 saturated carbocycles. The molecular weight excluding hydrogens is 288 g/mol. The van der Waals surface area contributed by atoms with Crippen LogP contribution in [0.15, 0.2) is 29.1 Å². The van der Waals surface area contributed by atoms with Gasteiger partial charge in [-0.25, -0.2) is 0 Å². The van der Waals surface area contributed by atoms with Crippen molar-refractivity contribution in [2.45, 2.75) is 13.0 Å². The van der Waals surface area contributed by atoms with Gasteiger partial charge in [0.2, 0.25) is 5.91 Å². The van der Waals surface area contributed by atoms with Crippen LogP contribution in [0.2, 0.25) is 0 Å². The molecule has 1 amide bonds. The smallest absolute Gasteiger partial charge is 0.270 e. The van der Waals surface area contributed by atoms with E-state index in [9.17, 15) is 19.7 Å². The Morgan fingerprint density at radius 2 is 2.05 bits per heavy atom. The lowest BCUT2D eigenvalue weighted by molar-refractivity contribution is -0.384. The first-order valence-electron chi connectivity index (χ1n) is 6.61. The predicted molar refractivity (Wildman–Crippen MR) is 83.0 cm³/mol. The lowest BCUT2D eigenvalue weighted by Gasteiger charge is -2.16. The Hall–Kier alpha value is -2.90. The van der Waals surface area contributed by atoms with Crippen molar-refractivity contribution < 1.29 is 9.72 Å². The number of pyridine rings is 1. The Labute approximate surface area is 125 Å². The first kappa shape index (κ1) is 15.5. The van der Waals surface area contributed by atoms with Gasteiger partial charge in [-0.3, -0.25) is 19.7 Å². The van der Waals surface area contributed by atoms with E-state index in [-0.39, 0.29) is 17.2 Å². The monoisotopic (exact) mass is 304 g/mol. The summed E-state index contributed by atoms with van der Waals surface area (Å²) in [6.07, 6.45) is 0. The molecule has 2 N–H and O–H groups in total. The standard InChI is InChI=1S/C14H16N4O4/c1-8(14(20)15-2)16-11-7-13(19)17(3)12-5-4-9(18(21)22)6-10(11)12/h4-8,16H,1-3H3,(H,15,20)/t8-/m1/s1. The second kappa shape index (κ2) is 5.84. The third-order valence-electron chi connectivity index (χ3n) is 3.45. The number of nitro groups is 1. The minimum atomic E-state index is -0.584. The lowest BCUT2D eigenvalue weighted by atomic mass is 10.1. The van der Waals surface area contributed by atoms with Crippen LogP contribution in [0.4, 0.5) is 11.4 Å². The highest BCUT2D eigenvalue weighted by molar-refractivity contribution is 5.95. The van der Waals surface area contributed by atoms with Crippen LogP contribution in [0.25, 0.3) is 10.9 Å². The number of likely N-dealkylation sites (N-methyl/N-ethyl adjacent to an activating group) is 1. The summed E-state index contributed by atoms with van der Waals surface area (Å²) in [6.45, 7) is 1.64. The second-order valence-electron chi connectivity index (χ2n) is 4.89. The number of hydrogen-bond acceptors (Lipinski definition) is 5. The molecule has 0 aliphatic carbocycles. The van der Waals surface area contributed by atoms with Crippen molar-refractivity contribution in [1.29, 1.82) is 0 Å². The predicted octanol–water partition coefficient (Wildman–Crippen LogP) is 0.993. The molecule has 8 nitrogen and oxygen atoms in total. The molecule has 8 heteroatoms. The van der Waals surface area contributed by atoms with Gasteiger partial charge in [-0.15, -0.1) is 0 Å². The van der Waals surface area contributed by atoms with Crippen LogP contribution >= 0.6 is 0 Å². The number of hydrogen-bond donors (Lipinski definition) is 2. The zero-order valence-corrected chi connectivity index (χ0v) is 12.4. The van der Waals surface area contributed by atoms with Crippen molar-refractivity contribution >= 4 is 28.2 Å². The van der Waals surface area contributed by atoms with Gasteiger partial charge in [-0.05, 0) is 13.0 Å². The van der Waals surface area contributed by atoms with Crippen LogP contribution < -0.4 is 16.2 Å². The van der Waals surface area contributed by atoms with E-state index in [2.05, 4.69) is 10.6 Å². The van der Waals surface area contributed by atoms with Gasteiger partial charge in [0, 0.05) is 43.4 Å². The number of aryl methyl sites for hydroxylation is 1. The first-order valence-corrected chi connectivity index (χ1v) is 6.61. The number of non-ortho nitro benzene ring substituents is 1. The highest BCUT2D eigenvalue weighted by Gasteiger charge is 2.16. The summed E-state index contributed by atoms with van der Waals surface area (Å²) < 4.78 is 1.40. The van der Waals surface area contributed by atoms with Gasteiger partial charge in [0.05, 0.1) is 10.4 Å². The molecular formula is C14H16N4O4. The summed E-state index contributed by atoms with van der Waals surface area (Å²) in [7, 11) is 3.09. The Morgan fingerprint density at radius 1 is 1.36 bits per heavy atom. The van der Waals surface area contributed by atoms with E-state index in [0.29, 0.717) is 16.6 Å². The number of rotatable bonds is 4. The third-order valence-corrected chi connectivity index (χ3v) is 3.45. The van der Waals surface area contributed by atoms with E-state index < -0.39 is 11.0 Å². The fourth-order valence-electron chi connectivity index (χ4n) is 2.20. The van der Waals surface area contributed by atoms with E-state index >= 15 is 0 Å². The fraction of sp³-hybridized carbons (Fsp3) is 0.286. The Balaban J connectivity index is 2.63. The van der Waals surface area contributed by atoms with Gasteiger partial charge in [0.15, 0.2) is 0 Å². The number of nitro benzene ring substituents is 1. The van der Waals surface area contributed by atoms with Gasteiger partial charge >= 0.3 is 0 Å². The van der Waals surface area contributed by atoms with E-state index in [0.717, 1.165) is 0 Å². The summed E-state index contributed by atoms with van der Waals surface area (Å²) in [5.41, 5.74) is 0.581. The van der Waals surface area contributed by atoms with Gasteiger partial charge in [-0.1, -0.05) is 0 Å². The zero-order chi connectivity index (χ0) is 16.4. The topological polar surface area (TPSA) is 106 Å². The molecule has 22 heavy (non-hydrogen) atoms. The van der Waals surface area contributed by atoms with E-state index in [4.69, 9.17) is 0 Å². The number of amides is 1. The van der Waals surface area contributed by atoms with Crippen molar-refractivity contribution in [2.75, 3.05) is 12.4 Å². The van der Waals surface area contributed by atoms with Gasteiger partial charge in [0.25, 0.3) is 11.2 Å². The molecule has 2 aromatic rings. The Morgan fingerprint density at radius 3 is 2.64 bits per heavy atom. The summed E-state index contributed by atoms with van der Waals surface area (Å²) in [4.78, 5) is 34.0. The van der Waals surface area contributed by atoms with Crippen LogP contribution in [0.5, 0.6) is 0 Å². The fourth-order valence-corrected chi connectivity index (χ4v) is 2.20. The van der Waals surface area contributed by atoms with E-state index in [1.165, 1.54) is 35.9 Å². The number of anilines is 1. The molecule has 0 aliphatic rings. The summed E-state index contributed by atoms with van der Waals surface area (Å²) in [6, 6.07) is 4.98. The highest BCUT2D eigenvalue weighted by atomic mass is 16.6. The molecule has 0 radical (unpaired) electrons. The molecule has 0 fully saturated rings. The molecule has 0 bridgehead atoms. The SMILES string of the molecule is CNC(=O)[C@@H](C)Nc1cc(=O)n(C)c2ccc([N+](=O)[O-])cc12. The maximum absolute atomic E-state index is 12.0. The van der Waals surface area contributed by atoms with Crippen molar-refractivity contribution in [3.05, 3.63) is 44.7 Å². The van der Waals surface area contributed by atoms with Crippen molar-refractivity contribution in [3.8, 4) is 0 Å². The van der Waals surface area contributed by atoms with Crippen molar-refractivity contribution in [1.82, 2.24) is 9.88 Å². The number of aromatic nitrogens is 1. The summed E-state index contributed by atoms with van der Waals surface area (Å²) in [5.74, 6) is -0.251. The Bertz CT molecular complexity index is 812. The van der Waals surface area contributed by atoms with Gasteiger partial charge in [0.1, 0.15) is 6.04 Å². The molecule has 0 aliphatic heterocycles. The lowest BCUT2D eigenvalue weighted by Crippen LogP contribution is -2.35. The molecule has 116 valence electrons. The van der Waals surface area contributed by atoms with E-state index in [1.54, 1.807) is 14.0 Å². The van der Waals surface area contributed by atoms with Crippen molar-refractivity contribution in [3.63, 3.8) is 0 Å². The summed E-state index contributed by atoms with van der Waals surface area (Å²) >= 11 is 0. The van der Waals surface area contributed by atoms with Crippen LogP contribution in [0.1, 0.15) is 6.92 Å². The maximum atomic E-state index is 12.0. The molecule has 1 aromatic carbocycles. The average molecular weight is 304 g/mol. The highest BCUT2D eigenvalue weighted by Crippen LogP contribution is 2.26. The molecule has 0 saturated heterocycles. The minimum absolute atomic E-state index is 0.0817. The number of nitrogens with zero attached hydrogens (tertiary/aromatic N) is 2.